The summed E-state index contributed by atoms with van der Waals surface area (Å²) in [6, 6.07) is 28.2. The highest BCUT2D eigenvalue weighted by Gasteiger charge is 2.37. The number of hydrogen-bond donors (Lipinski definition) is 0. The van der Waals surface area contributed by atoms with Crippen molar-refractivity contribution in [2.24, 2.45) is 0 Å². The van der Waals surface area contributed by atoms with Crippen LogP contribution in [0.25, 0.3) is 0 Å². The normalized spacial score (nSPS) is 11.3. The minimum atomic E-state index is -6.09. The smallest absolute Gasteiger partial charge is 0.485 e. The molecular weight excluding hydrogens is 465 g/mol. The number of carbonyl (C=O) groups excluding carboxylic acids is 1. The van der Waals surface area contributed by atoms with Crippen LogP contribution in [-0.4, -0.2) is 24.4 Å². The quantitative estimate of drug-likeness (QED) is 0.129. The van der Waals surface area contributed by atoms with Crippen molar-refractivity contribution in [1.29, 1.82) is 0 Å². The number of alkyl halides is 3. The Kier molecular flexibility index (Phi) is 8.64. The Balaban J connectivity index is 0.000000390. The molecule has 0 bridgehead atoms. The number of benzene rings is 3. The number of esters is 1. The van der Waals surface area contributed by atoms with Crippen molar-refractivity contribution in [2.75, 3.05) is 0 Å². The molecule has 0 atom stereocenters. The average Bonchev–Trinajstić information content (AvgIpc) is 2.75. The summed E-state index contributed by atoms with van der Waals surface area (Å²) in [5.41, 5.74) is -5.65. The van der Waals surface area contributed by atoms with Gasteiger partial charge in [-0.1, -0.05) is 55.1 Å². The average molecular weight is 483 g/mol. The zero-order valence-corrected chi connectivity index (χ0v) is 18.0. The maximum Gasteiger partial charge on any atom is 0.485 e. The van der Waals surface area contributed by atoms with Gasteiger partial charge in [-0.05, 0) is 36.4 Å². The SMILES string of the molecule is C=CC(=O)Oc1ccccc1[S+](c1ccccc1)c1ccccc1.O=S(=O)([O-])C(F)(F)F. The van der Waals surface area contributed by atoms with Gasteiger partial charge in [-0.25, -0.2) is 13.2 Å². The monoisotopic (exact) mass is 482 g/mol. The second-order valence-corrected chi connectivity index (χ2v) is 9.27. The van der Waals surface area contributed by atoms with E-state index in [2.05, 4.69) is 30.8 Å². The molecule has 0 heterocycles. The minimum absolute atomic E-state index is 0.356. The van der Waals surface area contributed by atoms with E-state index in [0.29, 0.717) is 5.75 Å². The predicted octanol–water partition coefficient (Wildman–Crippen LogP) is 4.92. The molecule has 10 heteroatoms. The van der Waals surface area contributed by atoms with E-state index >= 15 is 0 Å². The molecule has 3 aromatic carbocycles. The Morgan fingerprint density at radius 3 is 1.69 bits per heavy atom. The van der Waals surface area contributed by atoms with Crippen molar-refractivity contribution in [1.82, 2.24) is 0 Å². The third kappa shape index (κ3) is 6.98. The molecule has 0 amide bonds. The van der Waals surface area contributed by atoms with Crippen LogP contribution in [0, 0.1) is 0 Å². The number of para-hydroxylation sites is 1. The standard InChI is InChI=1S/C21H17O2S.CHF3O3S/c1-2-21(22)23-19-15-9-10-16-20(19)24(17-11-5-3-6-12-17)18-13-7-4-8-14-18;2-1(3,4)8(5,6)7/h2-16H,1H2;(H,5,6,7)/q+1;/p-1. The molecule has 0 aromatic heterocycles. The van der Waals surface area contributed by atoms with Gasteiger partial charge < -0.3 is 9.29 Å². The second-order valence-electron chi connectivity index (χ2n) is 5.90. The Labute approximate surface area is 186 Å². The molecule has 3 rings (SSSR count). The molecule has 32 heavy (non-hydrogen) atoms. The van der Waals surface area contributed by atoms with Gasteiger partial charge in [0.2, 0.25) is 4.90 Å². The van der Waals surface area contributed by atoms with Crippen LogP contribution in [0.3, 0.4) is 0 Å². The van der Waals surface area contributed by atoms with Crippen molar-refractivity contribution >= 4 is 27.0 Å². The van der Waals surface area contributed by atoms with Crippen LogP contribution in [0.15, 0.2) is 112 Å². The van der Waals surface area contributed by atoms with Gasteiger partial charge in [-0.15, -0.1) is 0 Å². The third-order valence-electron chi connectivity index (χ3n) is 3.69. The number of carbonyl (C=O) groups is 1. The first-order chi connectivity index (χ1) is 15.0. The zero-order valence-electron chi connectivity index (χ0n) is 16.4. The van der Waals surface area contributed by atoms with Gasteiger partial charge in [0.25, 0.3) is 0 Å². The lowest BCUT2D eigenvalue weighted by Crippen LogP contribution is -2.21. The predicted molar refractivity (Wildman–Crippen MR) is 113 cm³/mol. The second kappa shape index (κ2) is 11.0. The largest absolute Gasteiger partial charge is 0.741 e. The van der Waals surface area contributed by atoms with E-state index in [-0.39, 0.29) is 10.9 Å². The third-order valence-corrected chi connectivity index (χ3v) is 6.52. The van der Waals surface area contributed by atoms with Crippen molar-refractivity contribution in [2.45, 2.75) is 20.2 Å². The Hall–Kier alpha value is -3.08. The highest BCUT2D eigenvalue weighted by Crippen LogP contribution is 2.36. The summed E-state index contributed by atoms with van der Waals surface area (Å²) in [5, 5.41) is 0. The van der Waals surface area contributed by atoms with Gasteiger partial charge in [0.1, 0.15) is 10.9 Å². The number of halogens is 3. The van der Waals surface area contributed by atoms with Crippen molar-refractivity contribution in [3.63, 3.8) is 0 Å². The van der Waals surface area contributed by atoms with Gasteiger partial charge in [-0.3, -0.25) is 0 Å². The van der Waals surface area contributed by atoms with E-state index in [9.17, 15) is 18.0 Å². The molecule has 0 aliphatic rings. The first-order valence-corrected chi connectivity index (χ1v) is 11.5. The van der Waals surface area contributed by atoms with Crippen molar-refractivity contribution < 1.29 is 35.7 Å². The summed E-state index contributed by atoms with van der Waals surface area (Å²) < 4.78 is 64.4. The summed E-state index contributed by atoms with van der Waals surface area (Å²) in [4.78, 5) is 15.0. The van der Waals surface area contributed by atoms with E-state index in [1.807, 2.05) is 60.7 Å². The number of rotatable bonds is 5. The Morgan fingerprint density at radius 2 is 1.28 bits per heavy atom. The van der Waals surface area contributed by atoms with Crippen LogP contribution in [0.2, 0.25) is 0 Å². The summed E-state index contributed by atoms with van der Waals surface area (Å²) in [7, 11) is -6.45. The van der Waals surface area contributed by atoms with E-state index in [4.69, 9.17) is 17.7 Å². The molecule has 3 aromatic rings. The Bertz CT molecular complexity index is 1110. The molecule has 0 N–H and O–H groups in total. The van der Waals surface area contributed by atoms with Crippen LogP contribution < -0.4 is 4.74 Å². The lowest BCUT2D eigenvalue weighted by Gasteiger charge is -2.11. The van der Waals surface area contributed by atoms with Crippen LogP contribution >= 0.6 is 0 Å². The molecule has 0 radical (unpaired) electrons. The van der Waals surface area contributed by atoms with Crippen LogP contribution in [0.1, 0.15) is 0 Å². The molecule has 0 saturated heterocycles. The fraction of sp³-hybridized carbons (Fsp3) is 0.0455. The van der Waals surface area contributed by atoms with Crippen LogP contribution in [0.5, 0.6) is 5.75 Å². The van der Waals surface area contributed by atoms with E-state index in [1.165, 1.54) is 15.9 Å². The fourth-order valence-corrected chi connectivity index (χ4v) is 4.52. The zero-order chi connectivity index (χ0) is 23.8. The highest BCUT2D eigenvalue weighted by molar-refractivity contribution is 7.97. The maximum absolute atomic E-state index is 11.7. The summed E-state index contributed by atoms with van der Waals surface area (Å²) in [5.74, 6) is 0.116. The summed E-state index contributed by atoms with van der Waals surface area (Å²) in [6.45, 7) is 3.48. The topological polar surface area (TPSA) is 83.5 Å². The van der Waals surface area contributed by atoms with Gasteiger partial charge in [0.15, 0.2) is 25.7 Å². The van der Waals surface area contributed by atoms with Gasteiger partial charge in [-0.2, -0.15) is 13.2 Å². The first kappa shape index (κ1) is 25.2. The minimum Gasteiger partial charge on any atom is -0.741 e. The highest BCUT2D eigenvalue weighted by atomic mass is 32.2. The molecule has 0 aliphatic carbocycles. The molecule has 0 fully saturated rings. The summed E-state index contributed by atoms with van der Waals surface area (Å²) >= 11 is 0. The molecular formula is C22H17F3O5S2. The van der Waals surface area contributed by atoms with Gasteiger partial charge in [0, 0.05) is 6.08 Å². The van der Waals surface area contributed by atoms with Crippen LogP contribution in [0.4, 0.5) is 13.2 Å². The van der Waals surface area contributed by atoms with Gasteiger partial charge >= 0.3 is 11.5 Å². The first-order valence-electron chi connectivity index (χ1n) is 8.84. The van der Waals surface area contributed by atoms with E-state index in [1.54, 1.807) is 0 Å². The van der Waals surface area contributed by atoms with E-state index < -0.39 is 21.6 Å². The molecule has 0 aliphatic heterocycles. The molecule has 168 valence electrons. The number of hydrogen-bond acceptors (Lipinski definition) is 5. The Morgan fingerprint density at radius 1 is 0.875 bits per heavy atom. The lowest BCUT2D eigenvalue weighted by atomic mass is 10.3. The molecule has 0 saturated carbocycles. The summed E-state index contributed by atoms with van der Waals surface area (Å²) in [6.07, 6.45) is 1.18. The van der Waals surface area contributed by atoms with Crippen molar-refractivity contribution in [3.05, 3.63) is 97.6 Å². The fourth-order valence-electron chi connectivity index (χ4n) is 2.36. The van der Waals surface area contributed by atoms with Crippen molar-refractivity contribution in [3.8, 4) is 5.75 Å². The maximum atomic E-state index is 11.7. The lowest BCUT2D eigenvalue weighted by molar-refractivity contribution is -0.129. The van der Waals surface area contributed by atoms with E-state index in [0.717, 1.165) is 4.90 Å². The molecule has 0 spiro atoms. The molecule has 5 nitrogen and oxygen atoms in total. The van der Waals surface area contributed by atoms with Crippen LogP contribution in [-0.2, 0) is 25.8 Å². The van der Waals surface area contributed by atoms with Gasteiger partial charge in [0.05, 0.1) is 0 Å². The molecule has 0 unspecified atom stereocenters. The number of ether oxygens (including phenoxy) is 1.